The van der Waals surface area contributed by atoms with E-state index in [1.54, 1.807) is 24.5 Å². The number of rotatable bonds is 6. The van der Waals surface area contributed by atoms with E-state index >= 15 is 0 Å². The molecule has 2 N–H and O–H groups in total. The Morgan fingerprint density at radius 1 is 1.53 bits per heavy atom. The molecule has 0 saturated carbocycles. The smallest absolute Gasteiger partial charge is 0.239 e. The van der Waals surface area contributed by atoms with Crippen LogP contribution in [0.5, 0.6) is 0 Å². The molecule has 1 amide bonds. The number of imidazole rings is 1. The van der Waals surface area contributed by atoms with Gasteiger partial charge in [-0.05, 0) is 12.3 Å². The first-order chi connectivity index (χ1) is 8.02. The molecule has 1 rings (SSSR count). The van der Waals surface area contributed by atoms with Gasteiger partial charge >= 0.3 is 0 Å². The van der Waals surface area contributed by atoms with Crippen LogP contribution in [0.25, 0.3) is 0 Å². The van der Waals surface area contributed by atoms with E-state index in [0.717, 1.165) is 19.5 Å². The van der Waals surface area contributed by atoms with E-state index in [1.807, 2.05) is 24.6 Å². The summed E-state index contributed by atoms with van der Waals surface area (Å²) in [6, 6.07) is -0.395. The zero-order valence-electron chi connectivity index (χ0n) is 10.8. The van der Waals surface area contributed by atoms with Crippen molar-refractivity contribution in [1.29, 1.82) is 0 Å². The molecular formula is C12H22N4O. The largest absolute Gasteiger partial charge is 0.344 e. The second kappa shape index (κ2) is 6.39. The summed E-state index contributed by atoms with van der Waals surface area (Å²) in [5, 5.41) is 0. The van der Waals surface area contributed by atoms with Crippen molar-refractivity contribution in [2.75, 3.05) is 13.6 Å². The molecule has 5 nitrogen and oxygen atoms in total. The van der Waals surface area contributed by atoms with Gasteiger partial charge in [0, 0.05) is 32.5 Å². The van der Waals surface area contributed by atoms with Crippen molar-refractivity contribution in [2.45, 2.75) is 32.9 Å². The van der Waals surface area contributed by atoms with Crippen LogP contribution in [0, 0.1) is 5.92 Å². The Morgan fingerprint density at radius 2 is 2.24 bits per heavy atom. The number of carbonyl (C=O) groups excluding carboxylic acids is 1. The molecule has 0 saturated heterocycles. The van der Waals surface area contributed by atoms with Gasteiger partial charge in [-0.15, -0.1) is 0 Å². The minimum Gasteiger partial charge on any atom is -0.344 e. The van der Waals surface area contributed by atoms with Crippen molar-refractivity contribution in [3.05, 3.63) is 18.7 Å². The van der Waals surface area contributed by atoms with E-state index < -0.39 is 6.04 Å². The maximum absolute atomic E-state index is 11.9. The number of aryl methyl sites for hydroxylation is 1. The van der Waals surface area contributed by atoms with Crippen molar-refractivity contribution in [3.63, 3.8) is 0 Å². The van der Waals surface area contributed by atoms with Crippen molar-refractivity contribution in [1.82, 2.24) is 14.5 Å². The van der Waals surface area contributed by atoms with E-state index in [2.05, 4.69) is 4.98 Å². The van der Waals surface area contributed by atoms with Gasteiger partial charge in [0.15, 0.2) is 0 Å². The Hall–Kier alpha value is -1.36. The van der Waals surface area contributed by atoms with E-state index in [-0.39, 0.29) is 11.8 Å². The average molecular weight is 238 g/mol. The number of amides is 1. The molecule has 5 heteroatoms. The van der Waals surface area contributed by atoms with Gasteiger partial charge in [0.1, 0.15) is 0 Å². The predicted octanol–water partition coefficient (Wildman–Crippen LogP) is 0.715. The molecule has 0 aliphatic carbocycles. The monoisotopic (exact) mass is 238 g/mol. The first-order valence-electron chi connectivity index (χ1n) is 5.98. The highest BCUT2D eigenvalue weighted by Crippen LogP contribution is 2.03. The lowest BCUT2D eigenvalue weighted by molar-refractivity contribution is -0.132. The van der Waals surface area contributed by atoms with E-state index in [0.29, 0.717) is 0 Å². The Labute approximate surface area is 103 Å². The molecule has 0 unspecified atom stereocenters. The number of nitrogens with zero attached hydrogens (tertiary/aromatic N) is 3. The number of hydrogen-bond donors (Lipinski definition) is 1. The third-order valence-corrected chi connectivity index (χ3v) is 2.85. The van der Waals surface area contributed by atoms with Crippen LogP contribution in [-0.4, -0.2) is 40.0 Å². The molecule has 96 valence electrons. The third kappa shape index (κ3) is 4.19. The summed E-state index contributed by atoms with van der Waals surface area (Å²) in [5.41, 5.74) is 5.82. The topological polar surface area (TPSA) is 64.2 Å². The van der Waals surface area contributed by atoms with Gasteiger partial charge < -0.3 is 15.2 Å². The van der Waals surface area contributed by atoms with E-state index in [4.69, 9.17) is 5.73 Å². The van der Waals surface area contributed by atoms with Crippen LogP contribution < -0.4 is 5.73 Å². The highest BCUT2D eigenvalue weighted by atomic mass is 16.2. The molecule has 1 aromatic heterocycles. The van der Waals surface area contributed by atoms with Crippen LogP contribution in [0.15, 0.2) is 18.7 Å². The minimum absolute atomic E-state index is 0.0191. The summed E-state index contributed by atoms with van der Waals surface area (Å²) in [5.74, 6) is 0.198. The van der Waals surface area contributed by atoms with Crippen molar-refractivity contribution in [2.24, 2.45) is 11.7 Å². The molecule has 1 heterocycles. The Bertz CT molecular complexity index is 334. The van der Waals surface area contributed by atoms with Gasteiger partial charge in [-0.2, -0.15) is 0 Å². The molecule has 0 aliphatic heterocycles. The Balaban J connectivity index is 2.29. The summed E-state index contributed by atoms with van der Waals surface area (Å²) < 4.78 is 2.00. The van der Waals surface area contributed by atoms with E-state index in [9.17, 15) is 4.79 Å². The highest BCUT2D eigenvalue weighted by Gasteiger charge is 2.20. The lowest BCUT2D eigenvalue weighted by atomic mass is 10.0. The minimum atomic E-state index is -0.395. The summed E-state index contributed by atoms with van der Waals surface area (Å²) >= 11 is 0. The SMILES string of the molecule is CC(C)[C@H](N)C(=O)N(C)CCCn1ccnc1. The van der Waals surface area contributed by atoms with Crippen LogP contribution in [0.1, 0.15) is 20.3 Å². The molecule has 17 heavy (non-hydrogen) atoms. The molecule has 0 bridgehead atoms. The Morgan fingerprint density at radius 3 is 2.76 bits per heavy atom. The van der Waals surface area contributed by atoms with Gasteiger partial charge in [0.05, 0.1) is 12.4 Å². The third-order valence-electron chi connectivity index (χ3n) is 2.85. The average Bonchev–Trinajstić information content (AvgIpc) is 2.79. The zero-order chi connectivity index (χ0) is 12.8. The van der Waals surface area contributed by atoms with Crippen LogP contribution in [-0.2, 0) is 11.3 Å². The summed E-state index contributed by atoms with van der Waals surface area (Å²) in [6.07, 6.45) is 6.36. The second-order valence-corrected chi connectivity index (χ2v) is 4.68. The van der Waals surface area contributed by atoms with Gasteiger partial charge in [-0.25, -0.2) is 4.98 Å². The standard InChI is InChI=1S/C12H22N4O/c1-10(2)11(13)12(17)15(3)6-4-7-16-8-5-14-9-16/h5,8-11H,4,6-7,13H2,1-3H3/t11-/m0/s1. The van der Waals surface area contributed by atoms with Crippen LogP contribution in [0.4, 0.5) is 0 Å². The highest BCUT2D eigenvalue weighted by molar-refractivity contribution is 5.81. The summed E-state index contributed by atoms with van der Waals surface area (Å²) in [4.78, 5) is 17.5. The molecule has 0 aliphatic rings. The number of likely N-dealkylation sites (N-methyl/N-ethyl adjacent to an activating group) is 1. The molecule has 0 aromatic carbocycles. The summed E-state index contributed by atoms with van der Waals surface area (Å²) in [7, 11) is 1.80. The first kappa shape index (κ1) is 13.7. The van der Waals surface area contributed by atoms with Gasteiger partial charge in [0.25, 0.3) is 0 Å². The number of nitrogens with two attached hydrogens (primary N) is 1. The van der Waals surface area contributed by atoms with E-state index in [1.165, 1.54) is 0 Å². The lowest BCUT2D eigenvalue weighted by Gasteiger charge is -2.23. The second-order valence-electron chi connectivity index (χ2n) is 4.68. The van der Waals surface area contributed by atoms with Gasteiger partial charge in [-0.1, -0.05) is 13.8 Å². The fraction of sp³-hybridized carbons (Fsp3) is 0.667. The fourth-order valence-corrected chi connectivity index (χ4v) is 1.56. The normalized spacial score (nSPS) is 12.8. The van der Waals surface area contributed by atoms with Gasteiger partial charge in [-0.3, -0.25) is 4.79 Å². The molecule has 1 aromatic rings. The first-order valence-corrected chi connectivity index (χ1v) is 5.98. The molecule has 1 atom stereocenters. The lowest BCUT2D eigenvalue weighted by Crippen LogP contribution is -2.45. The molecule has 0 fully saturated rings. The van der Waals surface area contributed by atoms with Crippen molar-refractivity contribution >= 4 is 5.91 Å². The van der Waals surface area contributed by atoms with Crippen LogP contribution >= 0.6 is 0 Å². The number of aromatic nitrogens is 2. The Kier molecular flexibility index (Phi) is 5.15. The number of hydrogen-bond acceptors (Lipinski definition) is 3. The molecule has 0 spiro atoms. The van der Waals surface area contributed by atoms with Gasteiger partial charge in [0.2, 0.25) is 5.91 Å². The van der Waals surface area contributed by atoms with Crippen molar-refractivity contribution in [3.8, 4) is 0 Å². The fourth-order valence-electron chi connectivity index (χ4n) is 1.56. The predicted molar refractivity (Wildman–Crippen MR) is 67.3 cm³/mol. The van der Waals surface area contributed by atoms with Crippen LogP contribution in [0.2, 0.25) is 0 Å². The summed E-state index contributed by atoms with van der Waals surface area (Å²) in [6.45, 7) is 5.51. The molecule has 0 radical (unpaired) electrons. The quantitative estimate of drug-likeness (QED) is 0.794. The maximum atomic E-state index is 11.9. The number of carbonyl (C=O) groups is 1. The molecular weight excluding hydrogens is 216 g/mol. The van der Waals surface area contributed by atoms with Crippen molar-refractivity contribution < 1.29 is 4.79 Å². The zero-order valence-corrected chi connectivity index (χ0v) is 10.8. The maximum Gasteiger partial charge on any atom is 0.239 e. The van der Waals surface area contributed by atoms with Crippen LogP contribution in [0.3, 0.4) is 0 Å².